The van der Waals surface area contributed by atoms with E-state index in [9.17, 15) is 9.90 Å². The molecule has 1 atom stereocenters. The number of hydrogen-bond donors (Lipinski definition) is 2. The number of hydrogen-bond acceptors (Lipinski definition) is 3. The number of rotatable bonds is 7. The summed E-state index contributed by atoms with van der Waals surface area (Å²) in [5, 5.41) is 12.2. The third-order valence-corrected chi connectivity index (χ3v) is 3.36. The summed E-state index contributed by atoms with van der Waals surface area (Å²) in [6.45, 7) is 0.191. The van der Waals surface area contributed by atoms with Gasteiger partial charge in [0.05, 0.1) is 6.04 Å². The molecule has 0 radical (unpaired) electrons. The van der Waals surface area contributed by atoms with E-state index in [0.29, 0.717) is 17.7 Å². The first-order chi connectivity index (χ1) is 11.2. The maximum absolute atomic E-state index is 12.4. The number of aliphatic hydroxyl groups excluding tert-OH is 1. The Balaban J connectivity index is 2.05. The average Bonchev–Trinajstić information content (AvgIpc) is 2.60. The molecule has 0 aliphatic heterocycles. The molecule has 1 unspecified atom stereocenters. The maximum Gasteiger partial charge on any atom is 0.251 e. The third kappa shape index (κ3) is 4.87. The number of nitrogens with one attached hydrogen (secondary N) is 1. The van der Waals surface area contributed by atoms with E-state index in [0.717, 1.165) is 5.56 Å². The molecule has 0 aliphatic rings. The summed E-state index contributed by atoms with van der Waals surface area (Å²) in [5.74, 6) is 2.81. The molecule has 0 heterocycles. The zero-order valence-electron chi connectivity index (χ0n) is 12.7. The molecule has 118 valence electrons. The number of aliphatic hydroxyl groups is 1. The minimum Gasteiger partial charge on any atom is -0.481 e. The van der Waals surface area contributed by atoms with Gasteiger partial charge >= 0.3 is 0 Å². The smallest absolute Gasteiger partial charge is 0.251 e. The first-order valence-electron chi connectivity index (χ1n) is 7.37. The Labute approximate surface area is 136 Å². The molecule has 0 aliphatic carbocycles. The molecule has 0 saturated carbocycles. The van der Waals surface area contributed by atoms with Crippen LogP contribution in [-0.2, 0) is 0 Å². The van der Waals surface area contributed by atoms with Gasteiger partial charge in [-0.25, -0.2) is 0 Å². The lowest BCUT2D eigenvalue weighted by molar-refractivity contribution is 0.0930. The molecule has 2 rings (SSSR count). The number of carbonyl (C=O) groups excluding carboxylic acids is 1. The van der Waals surface area contributed by atoms with Crippen LogP contribution in [-0.4, -0.2) is 24.2 Å². The molecule has 23 heavy (non-hydrogen) atoms. The first-order valence-corrected chi connectivity index (χ1v) is 7.37. The van der Waals surface area contributed by atoms with Gasteiger partial charge in [-0.2, -0.15) is 0 Å². The molecular formula is C19H19NO3. The molecule has 0 spiro atoms. The lowest BCUT2D eigenvalue weighted by Crippen LogP contribution is -2.29. The van der Waals surface area contributed by atoms with E-state index in [1.54, 1.807) is 24.3 Å². The van der Waals surface area contributed by atoms with Crippen molar-refractivity contribution in [3.63, 3.8) is 0 Å². The standard InChI is InChI=1S/C19H19NO3/c1-2-14-23-17-10-8-16(9-11-17)19(22)20-18(12-13-21)15-6-4-3-5-7-15/h1,3-11,18,21H,12-14H2,(H,20,22). The van der Waals surface area contributed by atoms with E-state index in [1.807, 2.05) is 30.3 Å². The minimum absolute atomic E-state index is 0.00128. The fourth-order valence-electron chi connectivity index (χ4n) is 2.21. The van der Waals surface area contributed by atoms with Crippen LogP contribution in [0.1, 0.15) is 28.4 Å². The highest BCUT2D eigenvalue weighted by Crippen LogP contribution is 2.18. The van der Waals surface area contributed by atoms with E-state index >= 15 is 0 Å². The Morgan fingerprint density at radius 3 is 2.48 bits per heavy atom. The molecule has 1 amide bonds. The van der Waals surface area contributed by atoms with Gasteiger partial charge in [-0.1, -0.05) is 36.3 Å². The van der Waals surface area contributed by atoms with Crippen LogP contribution in [0.4, 0.5) is 0 Å². The lowest BCUT2D eigenvalue weighted by atomic mass is 10.0. The maximum atomic E-state index is 12.4. The van der Waals surface area contributed by atoms with Crippen molar-refractivity contribution in [2.75, 3.05) is 13.2 Å². The number of amides is 1. The first kappa shape index (κ1) is 16.6. The van der Waals surface area contributed by atoms with Crippen LogP contribution in [0, 0.1) is 12.3 Å². The van der Waals surface area contributed by atoms with Crippen LogP contribution in [0.15, 0.2) is 54.6 Å². The quantitative estimate of drug-likeness (QED) is 0.773. The van der Waals surface area contributed by atoms with Gasteiger partial charge in [-0.3, -0.25) is 4.79 Å². The van der Waals surface area contributed by atoms with Crippen LogP contribution in [0.5, 0.6) is 5.75 Å². The summed E-state index contributed by atoms with van der Waals surface area (Å²) in [5.41, 5.74) is 1.49. The molecule has 4 heteroatoms. The number of ether oxygens (including phenoxy) is 1. The predicted molar refractivity (Wildman–Crippen MR) is 89.1 cm³/mol. The largest absolute Gasteiger partial charge is 0.481 e. The molecule has 0 saturated heterocycles. The highest BCUT2D eigenvalue weighted by Gasteiger charge is 2.15. The fourth-order valence-corrected chi connectivity index (χ4v) is 2.21. The normalized spacial score (nSPS) is 11.3. The molecule has 0 bridgehead atoms. The zero-order valence-corrected chi connectivity index (χ0v) is 12.7. The molecular weight excluding hydrogens is 290 g/mol. The van der Waals surface area contributed by atoms with Crippen LogP contribution in [0.2, 0.25) is 0 Å². The van der Waals surface area contributed by atoms with Crippen molar-refractivity contribution >= 4 is 5.91 Å². The summed E-state index contributed by atoms with van der Waals surface area (Å²) >= 11 is 0. The van der Waals surface area contributed by atoms with Gasteiger partial charge in [-0.05, 0) is 36.2 Å². The molecule has 4 nitrogen and oxygen atoms in total. The van der Waals surface area contributed by atoms with Gasteiger partial charge in [0.25, 0.3) is 5.91 Å². The highest BCUT2D eigenvalue weighted by atomic mass is 16.5. The average molecular weight is 309 g/mol. The van der Waals surface area contributed by atoms with Gasteiger partial charge in [0.2, 0.25) is 0 Å². The van der Waals surface area contributed by atoms with Crippen molar-refractivity contribution in [1.29, 1.82) is 0 Å². The molecule has 2 aromatic carbocycles. The molecule has 2 N–H and O–H groups in total. The Morgan fingerprint density at radius 1 is 1.17 bits per heavy atom. The number of benzene rings is 2. The number of terminal acetylenes is 1. The van der Waals surface area contributed by atoms with Crippen molar-refractivity contribution in [2.24, 2.45) is 0 Å². The zero-order chi connectivity index (χ0) is 16.5. The van der Waals surface area contributed by atoms with E-state index in [1.165, 1.54) is 0 Å². The van der Waals surface area contributed by atoms with Crippen LogP contribution >= 0.6 is 0 Å². The lowest BCUT2D eigenvalue weighted by Gasteiger charge is -2.18. The second-order valence-corrected chi connectivity index (χ2v) is 4.97. The van der Waals surface area contributed by atoms with E-state index in [-0.39, 0.29) is 25.2 Å². The summed E-state index contributed by atoms with van der Waals surface area (Å²) < 4.78 is 5.28. The van der Waals surface area contributed by atoms with Crippen molar-refractivity contribution in [1.82, 2.24) is 5.32 Å². The van der Waals surface area contributed by atoms with Crippen molar-refractivity contribution < 1.29 is 14.6 Å². The Hall–Kier alpha value is -2.77. The monoisotopic (exact) mass is 309 g/mol. The summed E-state index contributed by atoms with van der Waals surface area (Å²) in [4.78, 5) is 12.4. The third-order valence-electron chi connectivity index (χ3n) is 3.36. The van der Waals surface area contributed by atoms with Crippen molar-refractivity contribution in [3.8, 4) is 18.1 Å². The minimum atomic E-state index is -0.230. The summed E-state index contributed by atoms with van der Waals surface area (Å²) in [6, 6.07) is 16.1. The van der Waals surface area contributed by atoms with Gasteiger partial charge in [-0.15, -0.1) is 6.42 Å². The van der Waals surface area contributed by atoms with Gasteiger partial charge in [0.15, 0.2) is 0 Å². The van der Waals surface area contributed by atoms with Crippen LogP contribution in [0.3, 0.4) is 0 Å². The van der Waals surface area contributed by atoms with Crippen molar-refractivity contribution in [3.05, 3.63) is 65.7 Å². The molecule has 0 aromatic heterocycles. The van der Waals surface area contributed by atoms with Crippen LogP contribution in [0.25, 0.3) is 0 Å². The van der Waals surface area contributed by atoms with Gasteiger partial charge < -0.3 is 15.2 Å². The second kappa shape index (κ2) is 8.62. The number of carbonyl (C=O) groups is 1. The molecule has 0 fully saturated rings. The van der Waals surface area contributed by atoms with E-state index in [4.69, 9.17) is 11.2 Å². The van der Waals surface area contributed by atoms with E-state index in [2.05, 4.69) is 11.2 Å². The fraction of sp³-hybridized carbons (Fsp3) is 0.211. The van der Waals surface area contributed by atoms with Gasteiger partial charge in [0.1, 0.15) is 12.4 Å². The highest BCUT2D eigenvalue weighted by molar-refractivity contribution is 5.94. The van der Waals surface area contributed by atoms with E-state index < -0.39 is 0 Å². The Bertz CT molecular complexity index is 659. The van der Waals surface area contributed by atoms with Gasteiger partial charge in [0, 0.05) is 12.2 Å². The summed E-state index contributed by atoms with van der Waals surface area (Å²) in [7, 11) is 0. The topological polar surface area (TPSA) is 58.6 Å². The second-order valence-electron chi connectivity index (χ2n) is 4.97. The Morgan fingerprint density at radius 2 is 1.87 bits per heavy atom. The van der Waals surface area contributed by atoms with Crippen LogP contribution < -0.4 is 10.1 Å². The predicted octanol–water partition coefficient (Wildman–Crippen LogP) is 2.55. The Kier molecular flexibility index (Phi) is 6.22. The summed E-state index contributed by atoms with van der Waals surface area (Å²) in [6.07, 6.45) is 5.59. The SMILES string of the molecule is C#CCOc1ccc(C(=O)NC(CCO)c2ccccc2)cc1. The van der Waals surface area contributed by atoms with Crippen molar-refractivity contribution in [2.45, 2.75) is 12.5 Å². The molecule has 2 aromatic rings.